The molecule has 0 N–H and O–H groups in total. The molecule has 0 bridgehead atoms. The van der Waals surface area contributed by atoms with Crippen molar-refractivity contribution in [1.29, 1.82) is 0 Å². The molecule has 258 valence electrons. The van der Waals surface area contributed by atoms with Gasteiger partial charge in [0.05, 0.1) is 0 Å². The van der Waals surface area contributed by atoms with E-state index in [1.54, 1.807) is 0 Å². The zero-order valence-corrected chi connectivity index (χ0v) is 29.9. The van der Waals surface area contributed by atoms with E-state index >= 15 is 0 Å². The topological polar surface area (TPSA) is 47.8 Å². The van der Waals surface area contributed by atoms with Gasteiger partial charge < -0.3 is 0 Å². The van der Waals surface area contributed by atoms with E-state index in [0.717, 1.165) is 51.4 Å². The molecule has 0 aliphatic heterocycles. The molecule has 0 atom stereocenters. The number of hydrogen-bond acceptors (Lipinski definition) is 4. The molecule has 43 heavy (non-hydrogen) atoms. The van der Waals surface area contributed by atoms with Gasteiger partial charge in [-0.05, 0) is 38.5 Å². The highest BCUT2D eigenvalue weighted by Gasteiger charge is 2.25. The van der Waals surface area contributed by atoms with E-state index in [1.807, 2.05) is 0 Å². The molecule has 0 aromatic heterocycles. The molecule has 0 aliphatic carbocycles. The Kier molecular flexibility index (Phi) is 34.9. The molecule has 0 aliphatic rings. The van der Waals surface area contributed by atoms with Crippen molar-refractivity contribution in [3.05, 3.63) is 4.91 Å². The van der Waals surface area contributed by atoms with E-state index in [0.29, 0.717) is 0 Å². The molecule has 5 heteroatoms. The minimum atomic E-state index is -0.0860. The fraction of sp³-hybridized carbons (Fsp3) is 1.00. The van der Waals surface area contributed by atoms with Gasteiger partial charge >= 0.3 is 5.09 Å². The summed E-state index contributed by atoms with van der Waals surface area (Å²) < 4.78 is 0. The van der Waals surface area contributed by atoms with Crippen molar-refractivity contribution < 1.29 is 19.8 Å². The summed E-state index contributed by atoms with van der Waals surface area (Å²) in [7, 11) is 0. The maximum atomic E-state index is 12.7. The lowest BCUT2D eigenvalue weighted by atomic mass is 10.0. The Labute approximate surface area is 269 Å². The summed E-state index contributed by atoms with van der Waals surface area (Å²) in [5.41, 5.74) is 0. The molecule has 0 unspecified atom stereocenters. The van der Waals surface area contributed by atoms with Crippen molar-refractivity contribution in [2.24, 2.45) is 0 Å². The van der Waals surface area contributed by atoms with Gasteiger partial charge in [-0.1, -0.05) is 195 Å². The molecule has 0 rings (SSSR count). The van der Waals surface area contributed by atoms with Crippen LogP contribution in [0.4, 0.5) is 0 Å². The second-order valence-corrected chi connectivity index (χ2v) is 13.4. The Bertz CT molecular complexity index is 508. The van der Waals surface area contributed by atoms with Gasteiger partial charge in [0.15, 0.2) is 6.10 Å². The predicted molar refractivity (Wildman–Crippen MR) is 185 cm³/mol. The van der Waals surface area contributed by atoms with Crippen molar-refractivity contribution in [3.63, 3.8) is 0 Å². The van der Waals surface area contributed by atoms with E-state index in [9.17, 15) is 4.91 Å². The number of hydrogen-bond donors (Lipinski definition) is 0. The minimum absolute atomic E-state index is 0.0315. The molecule has 0 amide bonds. The predicted octanol–water partition coefficient (Wildman–Crippen LogP) is 13.9. The molecule has 0 spiro atoms. The highest BCUT2D eigenvalue weighted by molar-refractivity contribution is 4.60. The Morgan fingerprint density at radius 2 is 0.628 bits per heavy atom. The van der Waals surface area contributed by atoms with Crippen LogP contribution in [0.25, 0.3) is 0 Å². The lowest BCUT2D eigenvalue weighted by Crippen LogP contribution is -2.24. The van der Waals surface area contributed by atoms with Crippen molar-refractivity contribution in [3.8, 4) is 0 Å². The fourth-order valence-corrected chi connectivity index (χ4v) is 6.04. The highest BCUT2D eigenvalue weighted by Crippen LogP contribution is 2.20. The molecule has 0 saturated heterocycles. The van der Waals surface area contributed by atoms with Crippen LogP contribution in [0, 0.1) is 4.91 Å². The largest absolute Gasteiger partial charge is 0.512 e. The summed E-state index contributed by atoms with van der Waals surface area (Å²) in [6, 6.07) is 0. The average molecular weight is 613 g/mol. The lowest BCUT2D eigenvalue weighted by molar-refractivity contribution is -1.04. The Morgan fingerprint density at radius 1 is 0.372 bits per heavy atom. The number of nitrogens with zero attached hydrogens (tertiary/aromatic N) is 1. The molecule has 0 aromatic carbocycles. The molecule has 0 saturated carbocycles. The Morgan fingerprint density at radius 3 is 0.930 bits per heavy atom. The fourth-order valence-electron chi connectivity index (χ4n) is 6.04. The monoisotopic (exact) mass is 613 g/mol. The third-order valence-corrected chi connectivity index (χ3v) is 8.99. The SMILES string of the molecule is CCCCCCCCCC(CCCCCCCCC)OO[N+](=O)OC(CCCCCCCCC)CCCCCCCCC. The number of unbranched alkanes of at least 4 members (excludes halogenated alkanes) is 24. The van der Waals surface area contributed by atoms with E-state index < -0.39 is 0 Å². The second kappa shape index (κ2) is 35.6. The van der Waals surface area contributed by atoms with Crippen LogP contribution in [0.1, 0.15) is 233 Å². The molecule has 5 nitrogen and oxygen atoms in total. The first kappa shape index (κ1) is 42.2. The minimum Gasteiger partial charge on any atom is -0.181 e. The highest BCUT2D eigenvalue weighted by atomic mass is 17.4. The van der Waals surface area contributed by atoms with E-state index in [-0.39, 0.29) is 17.3 Å². The van der Waals surface area contributed by atoms with Gasteiger partial charge in [0.1, 0.15) is 11.0 Å². The van der Waals surface area contributed by atoms with E-state index in [1.165, 1.54) is 154 Å². The van der Waals surface area contributed by atoms with Crippen LogP contribution in [0.15, 0.2) is 0 Å². The van der Waals surface area contributed by atoms with E-state index in [4.69, 9.17) is 14.7 Å². The van der Waals surface area contributed by atoms with Gasteiger partial charge in [-0.2, -0.15) is 4.84 Å². The molecule has 0 heterocycles. The second-order valence-electron chi connectivity index (χ2n) is 13.4. The maximum absolute atomic E-state index is 12.7. The van der Waals surface area contributed by atoms with Crippen LogP contribution in [-0.2, 0) is 14.7 Å². The first-order valence-corrected chi connectivity index (χ1v) is 19.6. The summed E-state index contributed by atoms with van der Waals surface area (Å²) in [4.78, 5) is 29.5. The smallest absolute Gasteiger partial charge is 0.181 e. The van der Waals surface area contributed by atoms with Gasteiger partial charge in [-0.25, -0.2) is 0 Å². The van der Waals surface area contributed by atoms with Crippen LogP contribution in [0.3, 0.4) is 0 Å². The van der Waals surface area contributed by atoms with Crippen LogP contribution >= 0.6 is 0 Å². The van der Waals surface area contributed by atoms with Crippen molar-refractivity contribution in [2.45, 2.75) is 245 Å². The van der Waals surface area contributed by atoms with Crippen molar-refractivity contribution in [2.75, 3.05) is 0 Å². The van der Waals surface area contributed by atoms with Gasteiger partial charge in [0.25, 0.3) is 0 Å². The molecule has 0 fully saturated rings. The van der Waals surface area contributed by atoms with Crippen molar-refractivity contribution in [1.82, 2.24) is 0 Å². The van der Waals surface area contributed by atoms with Gasteiger partial charge in [0, 0.05) is 4.99 Å². The summed E-state index contributed by atoms with van der Waals surface area (Å²) in [6.45, 7) is 9.06. The quantitative estimate of drug-likeness (QED) is 0.0398. The zero-order chi connectivity index (χ0) is 31.5. The van der Waals surface area contributed by atoms with Gasteiger partial charge in [-0.3, -0.25) is 0 Å². The first-order chi connectivity index (χ1) is 21.2. The summed E-state index contributed by atoms with van der Waals surface area (Å²) >= 11 is 0. The molecular weight excluding hydrogens is 534 g/mol. The van der Waals surface area contributed by atoms with Crippen LogP contribution < -0.4 is 0 Å². The van der Waals surface area contributed by atoms with Crippen LogP contribution in [-0.4, -0.2) is 17.3 Å². The first-order valence-electron chi connectivity index (χ1n) is 19.6. The van der Waals surface area contributed by atoms with Gasteiger partial charge in [0.2, 0.25) is 0 Å². The van der Waals surface area contributed by atoms with Crippen LogP contribution in [0.5, 0.6) is 0 Å². The molecule has 0 aromatic rings. The summed E-state index contributed by atoms with van der Waals surface area (Å²) in [6.07, 6.45) is 39.4. The summed E-state index contributed by atoms with van der Waals surface area (Å²) in [5.74, 6) is 0. The van der Waals surface area contributed by atoms with Crippen LogP contribution in [0.2, 0.25) is 0 Å². The van der Waals surface area contributed by atoms with Gasteiger partial charge in [-0.15, -0.1) is 4.89 Å². The maximum Gasteiger partial charge on any atom is 0.512 e. The Hall–Kier alpha value is -0.840. The zero-order valence-electron chi connectivity index (χ0n) is 29.9. The Balaban J connectivity index is 4.61. The third-order valence-electron chi connectivity index (χ3n) is 8.99. The lowest BCUT2D eigenvalue weighted by Gasteiger charge is -2.14. The standard InChI is InChI=1S/C38H78NO4/c1-5-9-13-17-21-25-29-33-37(34-30-26-22-18-14-10-6-2)41-39(40)43-42-38(35-31-27-23-19-15-11-7-3)36-32-28-24-20-16-12-8-4/h37-38H,5-36H2,1-4H3/q+1. The van der Waals surface area contributed by atoms with E-state index in [2.05, 4.69) is 27.7 Å². The van der Waals surface area contributed by atoms with Crippen molar-refractivity contribution >= 4 is 0 Å². The number of rotatable bonds is 37. The molecular formula is C38H78NO4+. The third kappa shape index (κ3) is 32.4. The summed E-state index contributed by atoms with van der Waals surface area (Å²) in [5, 5.41) is 0.287. The molecule has 0 radical (unpaired) electrons. The normalized spacial score (nSPS) is 11.6. The average Bonchev–Trinajstić information content (AvgIpc) is 3.01.